The van der Waals surface area contributed by atoms with E-state index in [9.17, 15) is 14.7 Å². The summed E-state index contributed by atoms with van der Waals surface area (Å²) in [7, 11) is 1.54. The van der Waals surface area contributed by atoms with Crippen LogP contribution in [0.3, 0.4) is 0 Å². The molecule has 2 N–H and O–H groups in total. The van der Waals surface area contributed by atoms with Gasteiger partial charge in [-0.15, -0.1) is 0 Å². The molecule has 0 aliphatic carbocycles. The number of rotatable bonds is 6. The van der Waals surface area contributed by atoms with Crippen molar-refractivity contribution in [1.29, 1.82) is 5.26 Å². The molecule has 6 heteroatoms. The van der Waals surface area contributed by atoms with Crippen molar-refractivity contribution in [3.63, 3.8) is 0 Å². The van der Waals surface area contributed by atoms with Gasteiger partial charge in [-0.2, -0.15) is 5.26 Å². The summed E-state index contributed by atoms with van der Waals surface area (Å²) >= 11 is 0. The van der Waals surface area contributed by atoms with Crippen LogP contribution in [0.5, 0.6) is 0 Å². The minimum Gasteiger partial charge on any atom is -0.480 e. The van der Waals surface area contributed by atoms with Gasteiger partial charge in [0.25, 0.3) is 0 Å². The molecule has 0 fully saturated rings. The maximum atomic E-state index is 12.0. The van der Waals surface area contributed by atoms with Gasteiger partial charge in [0, 0.05) is 19.5 Å². The van der Waals surface area contributed by atoms with Crippen LogP contribution in [0.15, 0.2) is 30.3 Å². The molecule has 0 heterocycles. The van der Waals surface area contributed by atoms with Crippen molar-refractivity contribution >= 4 is 12.0 Å². The number of hydrogen-bond acceptors (Lipinski definition) is 3. The Morgan fingerprint density at radius 2 is 2.00 bits per heavy atom. The number of carboxylic acids is 1. The highest BCUT2D eigenvalue weighted by atomic mass is 16.4. The third-order valence-electron chi connectivity index (χ3n) is 3.25. The van der Waals surface area contributed by atoms with Gasteiger partial charge in [-0.1, -0.05) is 30.3 Å². The number of nitriles is 1. The first-order valence-corrected chi connectivity index (χ1v) is 6.62. The SMILES string of the molecule is CC(CC#N)N(C)C(=O)N[C@@H](Cc1ccccc1)C(=O)O. The van der Waals surface area contributed by atoms with E-state index in [2.05, 4.69) is 5.32 Å². The van der Waals surface area contributed by atoms with E-state index >= 15 is 0 Å². The number of aliphatic carboxylic acids is 1. The number of carbonyl (C=O) groups excluding carboxylic acids is 1. The highest BCUT2D eigenvalue weighted by Gasteiger charge is 2.23. The fraction of sp³-hybridized carbons (Fsp3) is 0.400. The lowest BCUT2D eigenvalue weighted by molar-refractivity contribution is -0.139. The van der Waals surface area contributed by atoms with Gasteiger partial charge in [-0.3, -0.25) is 0 Å². The molecule has 0 bridgehead atoms. The standard InChI is InChI=1S/C15H19N3O3/c1-11(8-9-16)18(2)15(21)17-13(14(19)20)10-12-6-4-3-5-7-12/h3-7,11,13H,8,10H2,1-2H3,(H,17,21)(H,19,20)/t11?,13-/m0/s1. The molecule has 0 aliphatic rings. The predicted octanol–water partition coefficient (Wildman–Crippen LogP) is 1.63. The first-order chi connectivity index (χ1) is 9.95. The molecule has 112 valence electrons. The van der Waals surface area contributed by atoms with Crippen LogP contribution < -0.4 is 5.32 Å². The average Bonchev–Trinajstić information content (AvgIpc) is 2.46. The van der Waals surface area contributed by atoms with Crippen LogP contribution in [0.1, 0.15) is 18.9 Å². The normalized spacial score (nSPS) is 12.8. The zero-order chi connectivity index (χ0) is 15.8. The largest absolute Gasteiger partial charge is 0.480 e. The van der Waals surface area contributed by atoms with Crippen LogP contribution in [-0.4, -0.2) is 41.1 Å². The Morgan fingerprint density at radius 3 is 2.52 bits per heavy atom. The molecule has 2 atom stereocenters. The molecular formula is C15H19N3O3. The van der Waals surface area contributed by atoms with Crippen molar-refractivity contribution in [2.24, 2.45) is 0 Å². The van der Waals surface area contributed by atoms with Gasteiger partial charge in [-0.25, -0.2) is 9.59 Å². The van der Waals surface area contributed by atoms with Gasteiger partial charge in [0.05, 0.1) is 12.5 Å². The molecule has 1 unspecified atom stereocenters. The lowest BCUT2D eigenvalue weighted by Crippen LogP contribution is -2.49. The Labute approximate surface area is 124 Å². The maximum Gasteiger partial charge on any atom is 0.326 e. The predicted molar refractivity (Wildman–Crippen MR) is 77.6 cm³/mol. The second-order valence-corrected chi connectivity index (χ2v) is 4.85. The van der Waals surface area contributed by atoms with Crippen molar-refractivity contribution in [3.05, 3.63) is 35.9 Å². The van der Waals surface area contributed by atoms with Gasteiger partial charge in [0.15, 0.2) is 0 Å². The lowest BCUT2D eigenvalue weighted by Gasteiger charge is -2.25. The fourth-order valence-corrected chi connectivity index (χ4v) is 1.77. The first-order valence-electron chi connectivity index (χ1n) is 6.62. The Balaban J connectivity index is 2.69. The molecule has 0 radical (unpaired) electrons. The monoisotopic (exact) mass is 289 g/mol. The highest BCUT2D eigenvalue weighted by Crippen LogP contribution is 2.06. The molecule has 0 saturated heterocycles. The summed E-state index contributed by atoms with van der Waals surface area (Å²) < 4.78 is 0. The van der Waals surface area contributed by atoms with Gasteiger partial charge in [-0.05, 0) is 12.5 Å². The van der Waals surface area contributed by atoms with Gasteiger partial charge >= 0.3 is 12.0 Å². The van der Waals surface area contributed by atoms with Crippen molar-refractivity contribution < 1.29 is 14.7 Å². The zero-order valence-corrected chi connectivity index (χ0v) is 12.1. The van der Waals surface area contributed by atoms with Crippen LogP contribution in [0.2, 0.25) is 0 Å². The molecule has 6 nitrogen and oxygen atoms in total. The number of nitrogens with one attached hydrogen (secondary N) is 1. The molecule has 0 saturated carbocycles. The van der Waals surface area contributed by atoms with E-state index in [0.29, 0.717) is 0 Å². The zero-order valence-electron chi connectivity index (χ0n) is 12.1. The van der Waals surface area contributed by atoms with Crippen LogP contribution in [-0.2, 0) is 11.2 Å². The molecule has 21 heavy (non-hydrogen) atoms. The third kappa shape index (κ3) is 5.15. The minimum absolute atomic E-state index is 0.195. The van der Waals surface area contributed by atoms with Crippen LogP contribution >= 0.6 is 0 Å². The number of carboxylic acid groups (broad SMARTS) is 1. The van der Waals surface area contributed by atoms with Crippen LogP contribution in [0, 0.1) is 11.3 Å². The lowest BCUT2D eigenvalue weighted by atomic mass is 10.1. The number of amides is 2. The summed E-state index contributed by atoms with van der Waals surface area (Å²) in [5.74, 6) is -1.09. The Kier molecular flexibility index (Phi) is 6.21. The van der Waals surface area contributed by atoms with E-state index in [4.69, 9.17) is 5.26 Å². The number of hydrogen-bond donors (Lipinski definition) is 2. The summed E-state index contributed by atoms with van der Waals surface area (Å²) in [6, 6.07) is 9.30. The number of urea groups is 1. The minimum atomic E-state index is -1.09. The Bertz CT molecular complexity index is 525. The molecule has 1 aromatic carbocycles. The van der Waals surface area contributed by atoms with E-state index in [1.165, 1.54) is 4.90 Å². The quantitative estimate of drug-likeness (QED) is 0.832. The van der Waals surface area contributed by atoms with E-state index in [1.54, 1.807) is 14.0 Å². The maximum absolute atomic E-state index is 12.0. The first kappa shape index (κ1) is 16.5. The van der Waals surface area contributed by atoms with E-state index in [1.807, 2.05) is 36.4 Å². The number of carbonyl (C=O) groups is 2. The number of nitrogens with zero attached hydrogens (tertiary/aromatic N) is 2. The van der Waals surface area contributed by atoms with E-state index < -0.39 is 18.0 Å². The highest BCUT2D eigenvalue weighted by molar-refractivity contribution is 5.82. The van der Waals surface area contributed by atoms with Crippen molar-refractivity contribution in [3.8, 4) is 6.07 Å². The van der Waals surface area contributed by atoms with Gasteiger partial charge < -0.3 is 15.3 Å². The summed E-state index contributed by atoms with van der Waals surface area (Å²) in [5.41, 5.74) is 0.831. The molecule has 2 amide bonds. The summed E-state index contributed by atoms with van der Waals surface area (Å²) in [5, 5.41) is 20.3. The average molecular weight is 289 g/mol. The molecular weight excluding hydrogens is 270 g/mol. The van der Waals surface area contributed by atoms with Gasteiger partial charge in [0.2, 0.25) is 0 Å². The number of benzene rings is 1. The summed E-state index contributed by atoms with van der Waals surface area (Å²) in [4.78, 5) is 24.6. The van der Waals surface area contributed by atoms with Crippen molar-refractivity contribution in [2.45, 2.75) is 31.8 Å². The van der Waals surface area contributed by atoms with E-state index in [-0.39, 0.29) is 18.9 Å². The van der Waals surface area contributed by atoms with Gasteiger partial charge in [0.1, 0.15) is 6.04 Å². The Morgan fingerprint density at radius 1 is 1.38 bits per heavy atom. The molecule has 1 rings (SSSR count). The fourth-order valence-electron chi connectivity index (χ4n) is 1.77. The second kappa shape index (κ2) is 7.90. The van der Waals surface area contributed by atoms with Crippen molar-refractivity contribution in [1.82, 2.24) is 10.2 Å². The Hall–Kier alpha value is -2.55. The van der Waals surface area contributed by atoms with Crippen LogP contribution in [0.4, 0.5) is 4.79 Å². The molecule has 0 aliphatic heterocycles. The van der Waals surface area contributed by atoms with Crippen molar-refractivity contribution in [2.75, 3.05) is 7.05 Å². The summed E-state index contributed by atoms with van der Waals surface area (Å²) in [6.07, 6.45) is 0.405. The molecule has 0 aromatic heterocycles. The summed E-state index contributed by atoms with van der Waals surface area (Å²) in [6.45, 7) is 1.73. The second-order valence-electron chi connectivity index (χ2n) is 4.85. The van der Waals surface area contributed by atoms with Crippen LogP contribution in [0.25, 0.3) is 0 Å². The van der Waals surface area contributed by atoms with E-state index in [0.717, 1.165) is 5.56 Å². The molecule has 1 aromatic rings. The topological polar surface area (TPSA) is 93.4 Å². The molecule has 0 spiro atoms. The smallest absolute Gasteiger partial charge is 0.326 e. The third-order valence-corrected chi connectivity index (χ3v) is 3.25.